The molecule has 22 heavy (non-hydrogen) atoms. The summed E-state index contributed by atoms with van der Waals surface area (Å²) >= 11 is 0. The summed E-state index contributed by atoms with van der Waals surface area (Å²) in [5.41, 5.74) is 12.5. The molecule has 1 aromatic carbocycles. The summed E-state index contributed by atoms with van der Waals surface area (Å²) in [7, 11) is 0. The van der Waals surface area contributed by atoms with Crippen LogP contribution in [0.25, 0.3) is 5.73 Å². The molecule has 0 saturated carbocycles. The Balaban J connectivity index is 2.06. The Bertz CT molecular complexity index is 531. The highest BCUT2D eigenvalue weighted by atomic mass is 16.4. The maximum atomic E-state index is 10.9. The molecule has 1 unspecified atom stereocenters. The maximum Gasteiger partial charge on any atom is 0.303 e. The molecule has 0 aromatic heterocycles. The van der Waals surface area contributed by atoms with Gasteiger partial charge in [-0.05, 0) is 48.1 Å². The predicted molar refractivity (Wildman–Crippen MR) is 90.0 cm³/mol. The van der Waals surface area contributed by atoms with Gasteiger partial charge in [0.15, 0.2) is 0 Å². The fourth-order valence-corrected chi connectivity index (χ4v) is 3.43. The molecule has 1 aliphatic carbocycles. The fraction of sp³-hybridized carbons (Fsp3) is 0.632. The van der Waals surface area contributed by atoms with Crippen LogP contribution >= 0.6 is 0 Å². The minimum absolute atomic E-state index is 0.0332. The van der Waals surface area contributed by atoms with E-state index < -0.39 is 5.97 Å². The first-order valence-corrected chi connectivity index (χ1v) is 8.32. The second kappa shape index (κ2) is 6.82. The second-order valence-electron chi connectivity index (χ2n) is 7.67. The SMILES string of the molecule is CC(C)(C)C(CCC(=O)O)C[C@@H]([NH-])c1ccc2c(c1)CCC2. The number of nitrogens with one attached hydrogen (secondary N) is 1. The molecule has 2 N–H and O–H groups in total. The lowest BCUT2D eigenvalue weighted by Crippen LogP contribution is -2.23. The summed E-state index contributed by atoms with van der Waals surface area (Å²) in [6.45, 7) is 6.44. The smallest absolute Gasteiger partial charge is 0.303 e. The van der Waals surface area contributed by atoms with Crippen LogP contribution in [0.4, 0.5) is 0 Å². The van der Waals surface area contributed by atoms with Gasteiger partial charge in [-0.1, -0.05) is 51.0 Å². The minimum Gasteiger partial charge on any atom is -0.671 e. The van der Waals surface area contributed by atoms with Crippen molar-refractivity contribution in [1.82, 2.24) is 0 Å². The first-order chi connectivity index (χ1) is 10.3. The Morgan fingerprint density at radius 1 is 1.27 bits per heavy atom. The molecule has 0 aliphatic heterocycles. The molecule has 2 atom stereocenters. The van der Waals surface area contributed by atoms with E-state index in [1.54, 1.807) is 0 Å². The van der Waals surface area contributed by atoms with Crippen LogP contribution in [-0.4, -0.2) is 11.1 Å². The van der Waals surface area contributed by atoms with Crippen molar-refractivity contribution in [3.8, 4) is 0 Å². The number of carboxylic acid groups (broad SMARTS) is 1. The van der Waals surface area contributed by atoms with Gasteiger partial charge in [0.05, 0.1) is 0 Å². The lowest BCUT2D eigenvalue weighted by molar-refractivity contribution is -0.137. The van der Waals surface area contributed by atoms with E-state index in [-0.39, 0.29) is 23.8 Å². The molecule has 2 rings (SSSR count). The van der Waals surface area contributed by atoms with Crippen molar-refractivity contribution < 1.29 is 9.90 Å². The Morgan fingerprint density at radius 2 is 1.95 bits per heavy atom. The van der Waals surface area contributed by atoms with E-state index in [9.17, 15) is 4.79 Å². The van der Waals surface area contributed by atoms with Crippen LogP contribution in [0.3, 0.4) is 0 Å². The molecule has 3 nitrogen and oxygen atoms in total. The fourth-order valence-electron chi connectivity index (χ4n) is 3.43. The average molecular weight is 302 g/mol. The van der Waals surface area contributed by atoms with E-state index in [2.05, 4.69) is 39.0 Å². The highest BCUT2D eigenvalue weighted by Gasteiger charge is 2.26. The number of hydrogen-bond acceptors (Lipinski definition) is 1. The van der Waals surface area contributed by atoms with Crippen LogP contribution in [0, 0.1) is 11.3 Å². The summed E-state index contributed by atoms with van der Waals surface area (Å²) in [4.78, 5) is 10.9. The number of aliphatic carboxylic acids is 1. The van der Waals surface area contributed by atoms with Crippen molar-refractivity contribution in [1.29, 1.82) is 0 Å². The van der Waals surface area contributed by atoms with Gasteiger partial charge in [0, 0.05) is 6.42 Å². The topological polar surface area (TPSA) is 61.1 Å². The zero-order chi connectivity index (χ0) is 16.3. The van der Waals surface area contributed by atoms with Crippen molar-refractivity contribution in [2.45, 2.75) is 65.3 Å². The lowest BCUT2D eigenvalue weighted by Gasteiger charge is -2.35. The van der Waals surface area contributed by atoms with Crippen LogP contribution in [0.2, 0.25) is 0 Å². The number of benzene rings is 1. The molecule has 3 heteroatoms. The largest absolute Gasteiger partial charge is 0.671 e. The van der Waals surface area contributed by atoms with E-state index >= 15 is 0 Å². The number of carboxylic acids is 1. The monoisotopic (exact) mass is 302 g/mol. The van der Waals surface area contributed by atoms with Crippen LogP contribution in [-0.2, 0) is 17.6 Å². The Kier molecular flexibility index (Phi) is 5.28. The predicted octanol–water partition coefficient (Wildman–Crippen LogP) is 5.19. The first-order valence-electron chi connectivity index (χ1n) is 8.32. The minimum atomic E-state index is -0.742. The van der Waals surface area contributed by atoms with Gasteiger partial charge in [-0.15, -0.1) is 6.04 Å². The Hall–Kier alpha value is -1.35. The molecule has 1 aliphatic rings. The van der Waals surface area contributed by atoms with Gasteiger partial charge < -0.3 is 10.8 Å². The summed E-state index contributed by atoms with van der Waals surface area (Å²) < 4.78 is 0. The lowest BCUT2D eigenvalue weighted by atomic mass is 9.74. The highest BCUT2D eigenvalue weighted by molar-refractivity contribution is 5.66. The highest BCUT2D eigenvalue weighted by Crippen LogP contribution is 2.38. The molecular weight excluding hydrogens is 274 g/mol. The van der Waals surface area contributed by atoms with Crippen LogP contribution in [0.5, 0.6) is 0 Å². The van der Waals surface area contributed by atoms with Crippen molar-refractivity contribution in [2.24, 2.45) is 11.3 Å². The standard InChI is InChI=1S/C19H28NO2/c1-19(2,3)16(9-10-18(21)22)12-17(20)15-8-7-13-5-4-6-14(13)11-15/h7-8,11,16-17,20H,4-6,9-10,12H2,1-3H3,(H,21,22)/q-1/t16?,17-/m1/s1. The maximum absolute atomic E-state index is 10.9. The Labute approximate surface area is 133 Å². The molecule has 0 bridgehead atoms. The van der Waals surface area contributed by atoms with Crippen molar-refractivity contribution in [2.75, 3.05) is 0 Å². The van der Waals surface area contributed by atoms with E-state index in [0.717, 1.165) is 18.4 Å². The van der Waals surface area contributed by atoms with Gasteiger partial charge >= 0.3 is 5.97 Å². The third kappa shape index (κ3) is 4.33. The number of fused-ring (bicyclic) bond motifs is 1. The molecule has 0 fully saturated rings. The van der Waals surface area contributed by atoms with Gasteiger partial charge in [0.25, 0.3) is 0 Å². The molecule has 122 valence electrons. The normalized spacial score (nSPS) is 17.1. The van der Waals surface area contributed by atoms with Gasteiger partial charge in [-0.3, -0.25) is 4.79 Å². The molecule has 0 radical (unpaired) electrons. The average Bonchev–Trinajstić information content (AvgIpc) is 2.88. The van der Waals surface area contributed by atoms with Crippen LogP contribution in [0.15, 0.2) is 18.2 Å². The number of aryl methyl sites for hydroxylation is 2. The van der Waals surface area contributed by atoms with E-state index in [4.69, 9.17) is 10.8 Å². The number of hydrogen-bond donors (Lipinski definition) is 1. The summed E-state index contributed by atoms with van der Waals surface area (Å²) in [6.07, 6.45) is 5.11. The second-order valence-corrected chi connectivity index (χ2v) is 7.67. The van der Waals surface area contributed by atoms with E-state index in [1.165, 1.54) is 24.0 Å². The van der Waals surface area contributed by atoms with Crippen molar-refractivity contribution in [3.63, 3.8) is 0 Å². The molecule has 0 saturated heterocycles. The Morgan fingerprint density at radius 3 is 2.59 bits per heavy atom. The number of rotatable bonds is 6. The van der Waals surface area contributed by atoms with Crippen molar-refractivity contribution in [3.05, 3.63) is 40.6 Å². The zero-order valence-corrected chi connectivity index (χ0v) is 14.0. The molecule has 1 aromatic rings. The molecule has 0 spiro atoms. The third-order valence-electron chi connectivity index (χ3n) is 4.98. The van der Waals surface area contributed by atoms with Gasteiger partial charge in [0.1, 0.15) is 0 Å². The van der Waals surface area contributed by atoms with Gasteiger partial charge in [-0.2, -0.15) is 0 Å². The van der Waals surface area contributed by atoms with E-state index in [1.807, 2.05) is 0 Å². The van der Waals surface area contributed by atoms with Gasteiger partial charge in [-0.25, -0.2) is 0 Å². The van der Waals surface area contributed by atoms with Gasteiger partial charge in [0.2, 0.25) is 0 Å². The van der Waals surface area contributed by atoms with Crippen LogP contribution in [0.1, 0.15) is 69.2 Å². The quantitative estimate of drug-likeness (QED) is 0.786. The summed E-state index contributed by atoms with van der Waals surface area (Å²) in [5, 5.41) is 8.94. The molecule has 0 heterocycles. The summed E-state index contributed by atoms with van der Waals surface area (Å²) in [5.74, 6) is -0.493. The number of carbonyl (C=O) groups is 1. The molecule has 0 amide bonds. The van der Waals surface area contributed by atoms with Crippen molar-refractivity contribution >= 4 is 5.97 Å². The summed E-state index contributed by atoms with van der Waals surface area (Å²) in [6, 6.07) is 6.22. The van der Waals surface area contributed by atoms with Crippen LogP contribution < -0.4 is 0 Å². The zero-order valence-electron chi connectivity index (χ0n) is 14.0. The first kappa shape index (κ1) is 17.0. The third-order valence-corrected chi connectivity index (χ3v) is 4.98. The van der Waals surface area contributed by atoms with E-state index in [0.29, 0.717) is 6.42 Å². The molecular formula is C19H28NO2-.